The van der Waals surface area contributed by atoms with Gasteiger partial charge in [0.2, 0.25) is 0 Å². The second-order valence-corrected chi connectivity index (χ2v) is 6.19. The summed E-state index contributed by atoms with van der Waals surface area (Å²) in [5.74, 6) is 0.491. The Morgan fingerprint density at radius 3 is 2.65 bits per heavy atom. The highest BCUT2D eigenvalue weighted by Crippen LogP contribution is 2.19. The SMILES string of the molecule is C=C(C)C(=O)OCCN(C(C)C)C(C)CC1CCNC1. The van der Waals surface area contributed by atoms with E-state index < -0.39 is 0 Å². The maximum absolute atomic E-state index is 11.4. The average molecular weight is 282 g/mol. The molecule has 20 heavy (non-hydrogen) atoms. The molecule has 0 amide bonds. The van der Waals surface area contributed by atoms with Crippen LogP contribution in [-0.4, -0.2) is 49.2 Å². The molecule has 0 bridgehead atoms. The van der Waals surface area contributed by atoms with E-state index in [9.17, 15) is 4.79 Å². The van der Waals surface area contributed by atoms with E-state index in [1.54, 1.807) is 6.92 Å². The Labute approximate surface area is 123 Å². The summed E-state index contributed by atoms with van der Waals surface area (Å²) in [7, 11) is 0. The highest BCUT2D eigenvalue weighted by molar-refractivity contribution is 5.86. The summed E-state index contributed by atoms with van der Waals surface area (Å²) < 4.78 is 5.21. The molecular formula is C16H30N2O2. The summed E-state index contributed by atoms with van der Waals surface area (Å²) >= 11 is 0. The molecule has 4 heteroatoms. The molecule has 1 saturated heterocycles. The number of rotatable bonds is 8. The molecule has 0 aromatic rings. The molecule has 2 unspecified atom stereocenters. The number of nitrogens with zero attached hydrogens (tertiary/aromatic N) is 1. The molecule has 0 aliphatic carbocycles. The van der Waals surface area contributed by atoms with E-state index in [1.165, 1.54) is 12.8 Å². The van der Waals surface area contributed by atoms with Gasteiger partial charge < -0.3 is 10.1 Å². The zero-order valence-corrected chi connectivity index (χ0v) is 13.4. The number of nitrogens with one attached hydrogen (secondary N) is 1. The van der Waals surface area contributed by atoms with Gasteiger partial charge >= 0.3 is 5.97 Å². The van der Waals surface area contributed by atoms with Crippen LogP contribution >= 0.6 is 0 Å². The van der Waals surface area contributed by atoms with Crippen LogP contribution in [0.25, 0.3) is 0 Å². The number of hydrogen-bond acceptors (Lipinski definition) is 4. The lowest BCUT2D eigenvalue weighted by molar-refractivity contribution is -0.139. The molecule has 116 valence electrons. The van der Waals surface area contributed by atoms with Gasteiger partial charge in [-0.2, -0.15) is 0 Å². The molecule has 1 aliphatic rings. The number of ether oxygens (including phenoxy) is 1. The largest absolute Gasteiger partial charge is 0.461 e. The van der Waals surface area contributed by atoms with Gasteiger partial charge in [0.1, 0.15) is 6.61 Å². The Morgan fingerprint density at radius 2 is 2.15 bits per heavy atom. The average Bonchev–Trinajstić information content (AvgIpc) is 2.86. The van der Waals surface area contributed by atoms with Gasteiger partial charge in [0.15, 0.2) is 0 Å². The predicted octanol–water partition coefficient (Wildman–Crippen LogP) is 2.20. The van der Waals surface area contributed by atoms with E-state index >= 15 is 0 Å². The van der Waals surface area contributed by atoms with Gasteiger partial charge in [-0.05, 0) is 59.5 Å². The Hall–Kier alpha value is -0.870. The fourth-order valence-corrected chi connectivity index (χ4v) is 2.89. The van der Waals surface area contributed by atoms with Crippen molar-refractivity contribution in [2.75, 3.05) is 26.2 Å². The van der Waals surface area contributed by atoms with E-state index in [0.717, 1.165) is 25.6 Å². The van der Waals surface area contributed by atoms with Crippen molar-refractivity contribution in [3.8, 4) is 0 Å². The van der Waals surface area contributed by atoms with Crippen molar-refractivity contribution in [2.24, 2.45) is 5.92 Å². The lowest BCUT2D eigenvalue weighted by atomic mass is 9.98. The summed E-state index contributed by atoms with van der Waals surface area (Å²) in [6.07, 6.45) is 2.49. The molecule has 1 aliphatic heterocycles. The molecule has 1 rings (SSSR count). The fourth-order valence-electron chi connectivity index (χ4n) is 2.89. The van der Waals surface area contributed by atoms with Crippen LogP contribution in [0.1, 0.15) is 40.5 Å². The van der Waals surface area contributed by atoms with E-state index in [1.807, 2.05) is 0 Å². The maximum Gasteiger partial charge on any atom is 0.333 e. The standard InChI is InChI=1S/C16H30N2O2/c1-12(2)16(19)20-9-8-18(13(3)4)14(5)10-15-6-7-17-11-15/h13-15,17H,1,6-11H2,2-5H3. The Bertz CT molecular complexity index is 322. The molecule has 1 N–H and O–H groups in total. The van der Waals surface area contributed by atoms with Crippen molar-refractivity contribution in [3.63, 3.8) is 0 Å². The number of carbonyl (C=O) groups excluding carboxylic acids is 1. The fraction of sp³-hybridized carbons (Fsp3) is 0.812. The highest BCUT2D eigenvalue weighted by atomic mass is 16.5. The lowest BCUT2D eigenvalue weighted by Gasteiger charge is -2.33. The second kappa shape index (κ2) is 8.42. The van der Waals surface area contributed by atoms with Gasteiger partial charge in [-0.1, -0.05) is 6.58 Å². The van der Waals surface area contributed by atoms with Gasteiger partial charge in [0.05, 0.1) is 0 Å². The van der Waals surface area contributed by atoms with Crippen molar-refractivity contribution >= 4 is 5.97 Å². The minimum Gasteiger partial charge on any atom is -0.461 e. The Kier molecular flexibility index (Phi) is 7.24. The quantitative estimate of drug-likeness (QED) is 0.547. The first-order chi connectivity index (χ1) is 9.41. The van der Waals surface area contributed by atoms with E-state index in [-0.39, 0.29) is 5.97 Å². The third kappa shape index (κ3) is 5.63. The summed E-state index contributed by atoms with van der Waals surface area (Å²) in [6, 6.07) is 0.978. The number of esters is 1. The second-order valence-electron chi connectivity index (χ2n) is 6.19. The molecule has 2 atom stereocenters. The monoisotopic (exact) mass is 282 g/mol. The summed E-state index contributed by atoms with van der Waals surface area (Å²) in [5.41, 5.74) is 0.464. The molecule has 0 aromatic heterocycles. The van der Waals surface area contributed by atoms with Gasteiger partial charge in [0, 0.05) is 24.2 Å². The summed E-state index contributed by atoms with van der Waals surface area (Å²) in [6.45, 7) is 15.5. The van der Waals surface area contributed by atoms with E-state index in [4.69, 9.17) is 4.74 Å². The van der Waals surface area contributed by atoms with Crippen LogP contribution in [0.5, 0.6) is 0 Å². The first kappa shape index (κ1) is 17.2. The molecule has 0 radical (unpaired) electrons. The maximum atomic E-state index is 11.4. The molecule has 1 heterocycles. The zero-order valence-electron chi connectivity index (χ0n) is 13.4. The molecule has 4 nitrogen and oxygen atoms in total. The molecule has 0 spiro atoms. The van der Waals surface area contributed by atoms with Crippen LogP contribution in [-0.2, 0) is 9.53 Å². The minimum atomic E-state index is -0.290. The first-order valence-electron chi connectivity index (χ1n) is 7.71. The van der Waals surface area contributed by atoms with Crippen molar-refractivity contribution in [2.45, 2.75) is 52.6 Å². The zero-order chi connectivity index (χ0) is 15.1. The van der Waals surface area contributed by atoms with Crippen LogP contribution in [0.4, 0.5) is 0 Å². The highest BCUT2D eigenvalue weighted by Gasteiger charge is 2.23. The first-order valence-corrected chi connectivity index (χ1v) is 7.71. The van der Waals surface area contributed by atoms with E-state index in [0.29, 0.717) is 24.3 Å². The van der Waals surface area contributed by atoms with Crippen molar-refractivity contribution < 1.29 is 9.53 Å². The summed E-state index contributed by atoms with van der Waals surface area (Å²) in [4.78, 5) is 13.8. The van der Waals surface area contributed by atoms with Gasteiger partial charge in [0.25, 0.3) is 0 Å². The van der Waals surface area contributed by atoms with Gasteiger partial charge in [-0.15, -0.1) is 0 Å². The lowest BCUT2D eigenvalue weighted by Crippen LogP contribution is -2.42. The van der Waals surface area contributed by atoms with Crippen LogP contribution in [0.3, 0.4) is 0 Å². The van der Waals surface area contributed by atoms with Crippen molar-refractivity contribution in [3.05, 3.63) is 12.2 Å². The van der Waals surface area contributed by atoms with Crippen LogP contribution in [0, 0.1) is 5.92 Å². The van der Waals surface area contributed by atoms with Crippen molar-refractivity contribution in [1.29, 1.82) is 0 Å². The smallest absolute Gasteiger partial charge is 0.333 e. The Balaban J connectivity index is 2.38. The van der Waals surface area contributed by atoms with Crippen LogP contribution in [0.15, 0.2) is 12.2 Å². The molecular weight excluding hydrogens is 252 g/mol. The summed E-state index contributed by atoms with van der Waals surface area (Å²) in [5, 5.41) is 3.42. The number of carbonyl (C=O) groups is 1. The predicted molar refractivity (Wildman–Crippen MR) is 82.7 cm³/mol. The minimum absolute atomic E-state index is 0.290. The van der Waals surface area contributed by atoms with Crippen LogP contribution in [0.2, 0.25) is 0 Å². The third-order valence-electron chi connectivity index (χ3n) is 4.00. The van der Waals surface area contributed by atoms with Gasteiger partial charge in [-0.25, -0.2) is 4.79 Å². The van der Waals surface area contributed by atoms with Crippen LogP contribution < -0.4 is 5.32 Å². The molecule has 0 saturated carbocycles. The number of hydrogen-bond donors (Lipinski definition) is 1. The molecule has 1 fully saturated rings. The van der Waals surface area contributed by atoms with Crippen molar-refractivity contribution in [1.82, 2.24) is 10.2 Å². The van der Waals surface area contributed by atoms with Gasteiger partial charge in [-0.3, -0.25) is 4.90 Å². The normalized spacial score (nSPS) is 20.4. The molecule has 0 aromatic carbocycles. The van der Waals surface area contributed by atoms with E-state index in [2.05, 4.69) is 37.6 Å². The third-order valence-corrected chi connectivity index (χ3v) is 4.00. The Morgan fingerprint density at radius 1 is 1.45 bits per heavy atom. The topological polar surface area (TPSA) is 41.6 Å².